The molecule has 0 aromatic rings. The van der Waals surface area contributed by atoms with Gasteiger partial charge in [-0.1, -0.05) is 0 Å². The maximum Gasteiger partial charge on any atom is 0.0559 e. The summed E-state index contributed by atoms with van der Waals surface area (Å²) in [6.07, 6.45) is 2.33. The van der Waals surface area contributed by atoms with Gasteiger partial charge in [-0.3, -0.25) is 0 Å². The molecule has 0 aromatic heterocycles. The maximum absolute atomic E-state index is 5.78. The summed E-state index contributed by atoms with van der Waals surface area (Å²) in [7, 11) is 0. The minimum atomic E-state index is 0.309. The van der Waals surface area contributed by atoms with Crippen molar-refractivity contribution in [3.63, 3.8) is 0 Å². The monoisotopic (exact) mass is 171 g/mol. The van der Waals surface area contributed by atoms with Gasteiger partial charge in [0, 0.05) is 25.2 Å². The van der Waals surface area contributed by atoms with Crippen LogP contribution >= 0.6 is 0 Å². The van der Waals surface area contributed by atoms with E-state index in [4.69, 9.17) is 15.2 Å². The molecule has 0 spiro atoms. The van der Waals surface area contributed by atoms with Crippen LogP contribution in [0.2, 0.25) is 0 Å². The second-order valence-corrected chi connectivity index (χ2v) is 3.95. The van der Waals surface area contributed by atoms with Crippen LogP contribution in [0, 0.1) is 11.3 Å². The van der Waals surface area contributed by atoms with E-state index in [1.54, 1.807) is 0 Å². The Morgan fingerprint density at radius 2 is 1.83 bits per heavy atom. The van der Waals surface area contributed by atoms with Crippen molar-refractivity contribution in [2.45, 2.75) is 12.8 Å². The molecule has 0 aromatic carbocycles. The highest BCUT2D eigenvalue weighted by atomic mass is 16.5. The molecule has 0 aliphatic carbocycles. The van der Waals surface area contributed by atoms with Crippen molar-refractivity contribution in [1.82, 2.24) is 0 Å². The average Bonchev–Trinajstić information content (AvgIpc) is 2.05. The highest BCUT2D eigenvalue weighted by molar-refractivity contribution is 4.93. The van der Waals surface area contributed by atoms with Crippen molar-refractivity contribution in [3.8, 4) is 0 Å². The Morgan fingerprint density at radius 1 is 1.17 bits per heavy atom. The summed E-state index contributed by atoms with van der Waals surface area (Å²) in [5.74, 6) is 0.741. The Balaban J connectivity index is 1.95. The molecule has 12 heavy (non-hydrogen) atoms. The van der Waals surface area contributed by atoms with Crippen LogP contribution in [0.1, 0.15) is 12.8 Å². The normalized spacial score (nSPS) is 29.8. The summed E-state index contributed by atoms with van der Waals surface area (Å²) in [4.78, 5) is 0. The van der Waals surface area contributed by atoms with Gasteiger partial charge in [0.25, 0.3) is 0 Å². The van der Waals surface area contributed by atoms with Gasteiger partial charge in [0.15, 0.2) is 0 Å². The first kappa shape index (κ1) is 8.48. The molecular formula is C9H17NO2. The number of hydrogen-bond acceptors (Lipinski definition) is 3. The third-order valence-corrected chi connectivity index (χ3v) is 3.27. The van der Waals surface area contributed by atoms with E-state index in [1.165, 1.54) is 12.8 Å². The molecular weight excluding hydrogens is 154 g/mol. The zero-order valence-corrected chi connectivity index (χ0v) is 7.42. The molecule has 2 fully saturated rings. The van der Waals surface area contributed by atoms with Crippen LogP contribution in [0.4, 0.5) is 0 Å². The summed E-state index contributed by atoms with van der Waals surface area (Å²) in [6, 6.07) is 0. The second kappa shape index (κ2) is 3.32. The van der Waals surface area contributed by atoms with Gasteiger partial charge in [0.1, 0.15) is 0 Å². The fraction of sp³-hybridized carbons (Fsp3) is 1.00. The van der Waals surface area contributed by atoms with Gasteiger partial charge < -0.3 is 15.2 Å². The lowest BCUT2D eigenvalue weighted by Crippen LogP contribution is -2.54. The van der Waals surface area contributed by atoms with Gasteiger partial charge in [-0.2, -0.15) is 0 Å². The van der Waals surface area contributed by atoms with Gasteiger partial charge in [-0.15, -0.1) is 0 Å². The van der Waals surface area contributed by atoms with E-state index >= 15 is 0 Å². The van der Waals surface area contributed by atoms with Gasteiger partial charge in [-0.25, -0.2) is 0 Å². The Kier molecular flexibility index (Phi) is 2.35. The molecule has 2 aliphatic rings. The average molecular weight is 171 g/mol. The number of nitrogens with two attached hydrogens (primary N) is 1. The molecule has 0 saturated carbocycles. The predicted molar refractivity (Wildman–Crippen MR) is 45.8 cm³/mol. The van der Waals surface area contributed by atoms with Crippen LogP contribution in [0.3, 0.4) is 0 Å². The lowest BCUT2D eigenvalue weighted by atomic mass is 9.70. The van der Waals surface area contributed by atoms with Crippen LogP contribution in [-0.2, 0) is 9.47 Å². The van der Waals surface area contributed by atoms with Crippen LogP contribution < -0.4 is 5.73 Å². The number of rotatable bonds is 2. The fourth-order valence-electron chi connectivity index (χ4n) is 2.19. The predicted octanol–water partition coefficient (Wildman–Crippen LogP) is 0.388. The molecule has 0 amide bonds. The zero-order chi connectivity index (χ0) is 8.44. The molecule has 0 unspecified atom stereocenters. The quantitative estimate of drug-likeness (QED) is 0.653. The van der Waals surface area contributed by atoms with E-state index in [0.29, 0.717) is 5.41 Å². The topological polar surface area (TPSA) is 44.5 Å². The van der Waals surface area contributed by atoms with Gasteiger partial charge in [0.2, 0.25) is 0 Å². The summed E-state index contributed by atoms with van der Waals surface area (Å²) < 4.78 is 10.6. The van der Waals surface area contributed by atoms with Gasteiger partial charge in [0.05, 0.1) is 13.2 Å². The van der Waals surface area contributed by atoms with E-state index in [2.05, 4.69) is 0 Å². The molecule has 70 valence electrons. The SMILES string of the molecule is NCC1(C2CCOCC2)COC1. The summed E-state index contributed by atoms with van der Waals surface area (Å²) in [5.41, 5.74) is 6.09. The maximum atomic E-state index is 5.78. The first-order valence-corrected chi connectivity index (χ1v) is 4.73. The first-order chi connectivity index (χ1) is 5.87. The van der Waals surface area contributed by atoms with Crippen molar-refractivity contribution in [1.29, 1.82) is 0 Å². The van der Waals surface area contributed by atoms with E-state index in [9.17, 15) is 0 Å². The standard InChI is InChI=1S/C9H17NO2/c10-5-9(6-12-7-9)8-1-3-11-4-2-8/h8H,1-7,10H2. The summed E-state index contributed by atoms with van der Waals surface area (Å²) in [5, 5.41) is 0. The van der Waals surface area contributed by atoms with E-state index in [1.807, 2.05) is 0 Å². The largest absolute Gasteiger partial charge is 0.381 e. The van der Waals surface area contributed by atoms with Crippen molar-refractivity contribution in [3.05, 3.63) is 0 Å². The lowest BCUT2D eigenvalue weighted by molar-refractivity contribution is -0.156. The Bertz CT molecular complexity index is 145. The second-order valence-electron chi connectivity index (χ2n) is 3.95. The van der Waals surface area contributed by atoms with Gasteiger partial charge in [-0.05, 0) is 18.8 Å². The van der Waals surface area contributed by atoms with Gasteiger partial charge >= 0.3 is 0 Å². The van der Waals surface area contributed by atoms with Crippen LogP contribution in [0.25, 0.3) is 0 Å². The van der Waals surface area contributed by atoms with Crippen molar-refractivity contribution >= 4 is 0 Å². The van der Waals surface area contributed by atoms with E-state index in [0.717, 1.165) is 38.9 Å². The third kappa shape index (κ3) is 1.26. The third-order valence-electron chi connectivity index (χ3n) is 3.27. The molecule has 0 bridgehead atoms. The molecule has 2 saturated heterocycles. The first-order valence-electron chi connectivity index (χ1n) is 4.73. The highest BCUT2D eigenvalue weighted by Gasteiger charge is 2.44. The van der Waals surface area contributed by atoms with E-state index < -0.39 is 0 Å². The zero-order valence-electron chi connectivity index (χ0n) is 7.42. The molecule has 2 rings (SSSR count). The van der Waals surface area contributed by atoms with Crippen molar-refractivity contribution in [2.24, 2.45) is 17.1 Å². The van der Waals surface area contributed by atoms with Crippen LogP contribution in [0.15, 0.2) is 0 Å². The number of ether oxygens (including phenoxy) is 2. The molecule has 0 atom stereocenters. The van der Waals surface area contributed by atoms with Crippen molar-refractivity contribution in [2.75, 3.05) is 33.0 Å². The van der Waals surface area contributed by atoms with Crippen LogP contribution in [-0.4, -0.2) is 33.0 Å². The highest BCUT2D eigenvalue weighted by Crippen LogP contribution is 2.40. The Labute approximate surface area is 73.2 Å². The minimum Gasteiger partial charge on any atom is -0.381 e. The lowest BCUT2D eigenvalue weighted by Gasteiger charge is -2.47. The molecule has 2 aliphatic heterocycles. The molecule has 3 nitrogen and oxygen atoms in total. The molecule has 2 N–H and O–H groups in total. The Hall–Kier alpha value is -0.120. The molecule has 3 heteroatoms. The smallest absolute Gasteiger partial charge is 0.0559 e. The minimum absolute atomic E-state index is 0.309. The molecule has 2 heterocycles. The number of hydrogen-bond donors (Lipinski definition) is 1. The molecule has 0 radical (unpaired) electrons. The van der Waals surface area contributed by atoms with E-state index in [-0.39, 0.29) is 0 Å². The van der Waals surface area contributed by atoms with Crippen molar-refractivity contribution < 1.29 is 9.47 Å². The fourth-order valence-corrected chi connectivity index (χ4v) is 2.19. The summed E-state index contributed by atoms with van der Waals surface area (Å²) in [6.45, 7) is 4.33. The van der Waals surface area contributed by atoms with Crippen LogP contribution in [0.5, 0.6) is 0 Å². The summed E-state index contributed by atoms with van der Waals surface area (Å²) >= 11 is 0. The Morgan fingerprint density at radius 3 is 2.25 bits per heavy atom.